The van der Waals surface area contributed by atoms with Gasteiger partial charge in [0.15, 0.2) is 5.78 Å². The number of benzene rings is 1. The van der Waals surface area contributed by atoms with E-state index in [1.165, 1.54) is 28.9 Å². The van der Waals surface area contributed by atoms with Crippen molar-refractivity contribution in [1.82, 2.24) is 0 Å². The molecule has 3 saturated heterocycles. The van der Waals surface area contributed by atoms with Crippen LogP contribution in [0.15, 0.2) is 41.5 Å². The first kappa shape index (κ1) is 20.0. The van der Waals surface area contributed by atoms with Crippen molar-refractivity contribution < 1.29 is 19.1 Å². The summed E-state index contributed by atoms with van der Waals surface area (Å²) < 4.78 is 6.78. The molecule has 0 radical (unpaired) electrons. The molecule has 9 atom stereocenters. The molecule has 176 valence electrons. The predicted molar refractivity (Wildman–Crippen MR) is 125 cm³/mol. The monoisotopic (exact) mass is 457 g/mol. The van der Waals surface area contributed by atoms with Crippen molar-refractivity contribution in [1.29, 1.82) is 0 Å². The van der Waals surface area contributed by atoms with E-state index in [9.17, 15) is 14.4 Å². The maximum absolute atomic E-state index is 14.0. The molecule has 34 heavy (non-hydrogen) atoms. The summed E-state index contributed by atoms with van der Waals surface area (Å²) in [5.41, 5.74) is 2.73. The number of nitrogens with zero attached hydrogens (tertiary/aromatic N) is 1. The van der Waals surface area contributed by atoms with Crippen LogP contribution >= 0.6 is 0 Å². The van der Waals surface area contributed by atoms with E-state index in [-0.39, 0.29) is 53.1 Å². The molecule has 5 nitrogen and oxygen atoms in total. The Bertz CT molecular complexity index is 1180. The number of ketones is 1. The number of fused-ring (bicyclic) bond motifs is 10. The first-order chi connectivity index (χ1) is 16.5. The number of allylic oxidation sites excluding steroid dienone is 2. The Hall–Kier alpha value is -2.27. The summed E-state index contributed by atoms with van der Waals surface area (Å²) in [5, 5.41) is 0. The molecule has 0 N–H and O–H groups in total. The zero-order valence-electron chi connectivity index (χ0n) is 19.7. The van der Waals surface area contributed by atoms with Crippen molar-refractivity contribution in [3.05, 3.63) is 41.5 Å². The van der Waals surface area contributed by atoms with Gasteiger partial charge in [-0.05, 0) is 69.4 Å². The number of imide groups is 1. The second-order valence-corrected chi connectivity index (χ2v) is 12.2. The molecule has 0 aromatic heterocycles. The Morgan fingerprint density at radius 1 is 0.853 bits per heavy atom. The molecular formula is C29H31NO4. The average molecular weight is 458 g/mol. The molecule has 7 aliphatic rings. The van der Waals surface area contributed by atoms with Crippen molar-refractivity contribution in [3.63, 3.8) is 0 Å². The zero-order valence-corrected chi connectivity index (χ0v) is 19.7. The predicted octanol–water partition coefficient (Wildman–Crippen LogP) is 4.46. The lowest BCUT2D eigenvalue weighted by atomic mass is 9.48. The standard InChI is InChI=1S/C29H31NO4/c1-28-13-7-8-14-29(28)23-19-17(15-9-5-6-10-15)18(22(23)24(34-29)25(28)31)20-21(19)27(33)30(26(20)32)16-11-3-2-4-12-16/h2-4,11-12,18-24H,5-10,13-14H2,1H3/t18-,19+,20-,21+,22-,23+,24-,28-,29+/m0/s1. The number of hydrogen-bond donors (Lipinski definition) is 0. The van der Waals surface area contributed by atoms with Gasteiger partial charge in [0, 0.05) is 11.8 Å². The van der Waals surface area contributed by atoms with Crippen molar-refractivity contribution in [2.24, 2.45) is 40.9 Å². The summed E-state index contributed by atoms with van der Waals surface area (Å²) in [5.74, 6) is -0.0852. The molecule has 7 fully saturated rings. The van der Waals surface area contributed by atoms with Crippen LogP contribution in [-0.4, -0.2) is 29.3 Å². The van der Waals surface area contributed by atoms with E-state index in [0.717, 1.165) is 38.5 Å². The van der Waals surface area contributed by atoms with Gasteiger partial charge in [0.05, 0.1) is 28.5 Å². The minimum Gasteiger partial charge on any atom is -0.362 e. The molecular weight excluding hydrogens is 426 g/mol. The van der Waals surface area contributed by atoms with Gasteiger partial charge in [-0.25, -0.2) is 0 Å². The van der Waals surface area contributed by atoms with Gasteiger partial charge in [-0.15, -0.1) is 0 Å². The highest BCUT2D eigenvalue weighted by Gasteiger charge is 2.84. The molecule has 1 aromatic carbocycles. The molecule has 1 spiro atoms. The molecule has 4 bridgehead atoms. The SMILES string of the molecule is C[C@@]12CCCC[C@]13O[C@H](C2=O)[C@H]1[C@H]2C(=C4CCCC4)[C@H]([C@H]4C(=O)N(c5ccccc5)C(=O)[C@H]42)[C@H]13. The quantitative estimate of drug-likeness (QED) is 0.462. The number of carbonyl (C=O) groups excluding carboxylic acids is 3. The first-order valence-corrected chi connectivity index (χ1v) is 13.4. The summed E-state index contributed by atoms with van der Waals surface area (Å²) >= 11 is 0. The number of rotatable bonds is 1. The molecule has 4 aliphatic carbocycles. The highest BCUT2D eigenvalue weighted by molar-refractivity contribution is 6.23. The van der Waals surface area contributed by atoms with Crippen LogP contribution in [0.4, 0.5) is 5.69 Å². The molecule has 2 amide bonds. The number of hydrogen-bond acceptors (Lipinski definition) is 4. The molecule has 1 aromatic rings. The molecule has 8 rings (SSSR count). The molecule has 3 aliphatic heterocycles. The Kier molecular flexibility index (Phi) is 3.69. The number of carbonyl (C=O) groups is 3. The minimum absolute atomic E-state index is 0.00179. The largest absolute Gasteiger partial charge is 0.362 e. The van der Waals surface area contributed by atoms with E-state index in [1.807, 2.05) is 30.3 Å². The third-order valence-electron chi connectivity index (χ3n) is 11.2. The zero-order chi connectivity index (χ0) is 23.0. The van der Waals surface area contributed by atoms with Crippen LogP contribution in [-0.2, 0) is 19.1 Å². The Morgan fingerprint density at radius 3 is 2.26 bits per heavy atom. The van der Waals surface area contributed by atoms with Crippen LogP contribution in [0.2, 0.25) is 0 Å². The van der Waals surface area contributed by atoms with Gasteiger partial charge in [0.25, 0.3) is 0 Å². The maximum Gasteiger partial charge on any atom is 0.238 e. The topological polar surface area (TPSA) is 63.7 Å². The van der Waals surface area contributed by atoms with Crippen molar-refractivity contribution in [2.75, 3.05) is 4.90 Å². The Labute approximate surface area is 199 Å². The van der Waals surface area contributed by atoms with E-state index < -0.39 is 17.1 Å². The van der Waals surface area contributed by atoms with Gasteiger partial charge in [0.2, 0.25) is 11.8 Å². The summed E-state index contributed by atoms with van der Waals surface area (Å²) in [4.78, 5) is 43.2. The van der Waals surface area contributed by atoms with Gasteiger partial charge in [0.1, 0.15) is 6.10 Å². The average Bonchev–Trinajstić information content (AvgIpc) is 3.65. The number of anilines is 1. The van der Waals surface area contributed by atoms with E-state index >= 15 is 0 Å². The van der Waals surface area contributed by atoms with Gasteiger partial charge in [-0.1, -0.05) is 42.2 Å². The third-order valence-corrected chi connectivity index (χ3v) is 11.2. The highest BCUT2D eigenvalue weighted by Crippen LogP contribution is 2.78. The van der Waals surface area contributed by atoms with Crippen LogP contribution in [0.3, 0.4) is 0 Å². The lowest BCUT2D eigenvalue weighted by Gasteiger charge is -2.52. The molecule has 5 heteroatoms. The number of ether oxygens (including phenoxy) is 1. The van der Waals surface area contributed by atoms with Gasteiger partial charge in [-0.3, -0.25) is 19.3 Å². The number of Topliss-reactive ketones (excluding diaryl/α,β-unsaturated/α-hetero) is 1. The van der Waals surface area contributed by atoms with Gasteiger partial charge < -0.3 is 4.74 Å². The maximum atomic E-state index is 14.0. The molecule has 4 saturated carbocycles. The second-order valence-electron chi connectivity index (χ2n) is 12.2. The van der Waals surface area contributed by atoms with Crippen molar-refractivity contribution >= 4 is 23.3 Å². The lowest BCUT2D eigenvalue weighted by molar-refractivity contribution is -0.146. The summed E-state index contributed by atoms with van der Waals surface area (Å²) in [6.07, 6.45) is 8.16. The van der Waals surface area contributed by atoms with Gasteiger partial charge in [-0.2, -0.15) is 0 Å². The van der Waals surface area contributed by atoms with Crippen molar-refractivity contribution in [3.8, 4) is 0 Å². The van der Waals surface area contributed by atoms with E-state index in [4.69, 9.17) is 4.74 Å². The fraction of sp³-hybridized carbons (Fsp3) is 0.621. The van der Waals surface area contributed by atoms with Crippen molar-refractivity contribution in [2.45, 2.75) is 70.0 Å². The Morgan fingerprint density at radius 2 is 1.53 bits per heavy atom. The summed E-state index contributed by atoms with van der Waals surface area (Å²) in [6.45, 7) is 2.15. The van der Waals surface area contributed by atoms with E-state index in [2.05, 4.69) is 6.92 Å². The summed E-state index contributed by atoms with van der Waals surface area (Å²) in [7, 11) is 0. The Balaban J connectivity index is 1.32. The van der Waals surface area contributed by atoms with Gasteiger partial charge >= 0.3 is 0 Å². The number of para-hydroxylation sites is 1. The van der Waals surface area contributed by atoms with E-state index in [0.29, 0.717) is 5.69 Å². The van der Waals surface area contributed by atoms with Crippen LogP contribution < -0.4 is 4.90 Å². The fourth-order valence-corrected chi connectivity index (χ4v) is 10.1. The van der Waals surface area contributed by atoms with Crippen LogP contribution in [0, 0.1) is 40.9 Å². The fourth-order valence-electron chi connectivity index (χ4n) is 10.1. The van der Waals surface area contributed by atoms with Crippen LogP contribution in [0.25, 0.3) is 0 Å². The van der Waals surface area contributed by atoms with Crippen LogP contribution in [0.1, 0.15) is 58.3 Å². The molecule has 3 heterocycles. The first-order valence-electron chi connectivity index (χ1n) is 13.4. The third kappa shape index (κ3) is 1.97. The smallest absolute Gasteiger partial charge is 0.238 e. The summed E-state index contributed by atoms with van der Waals surface area (Å²) in [6, 6.07) is 9.42. The van der Waals surface area contributed by atoms with Crippen LogP contribution in [0.5, 0.6) is 0 Å². The minimum atomic E-state index is -0.448. The highest BCUT2D eigenvalue weighted by atomic mass is 16.5. The van der Waals surface area contributed by atoms with E-state index in [1.54, 1.807) is 0 Å². The lowest BCUT2D eigenvalue weighted by Crippen LogP contribution is -2.60. The number of amides is 2. The second kappa shape index (κ2) is 6.29. The normalized spacial score (nSPS) is 48.2. The molecule has 0 unspecified atom stereocenters.